The Hall–Kier alpha value is -3.36. The second-order valence-corrected chi connectivity index (χ2v) is 13.0. The Morgan fingerprint density at radius 1 is 0.951 bits per heavy atom. The van der Waals surface area contributed by atoms with Crippen LogP contribution in [0.4, 0.5) is 5.69 Å². The number of anilines is 1. The zero-order chi connectivity index (χ0) is 29.6. The molecule has 218 valence electrons. The Kier molecular flexibility index (Phi) is 10.1. The lowest BCUT2D eigenvalue weighted by Gasteiger charge is -2.34. The predicted molar refractivity (Wildman–Crippen MR) is 163 cm³/mol. The molecule has 1 aliphatic rings. The summed E-state index contributed by atoms with van der Waals surface area (Å²) in [6.45, 7) is 5.42. The summed E-state index contributed by atoms with van der Waals surface area (Å²) in [7, 11) is -4.14. The van der Waals surface area contributed by atoms with Crippen molar-refractivity contribution in [1.82, 2.24) is 10.2 Å². The number of amides is 2. The number of aryl methyl sites for hydroxylation is 2. The van der Waals surface area contributed by atoms with Crippen LogP contribution in [0.2, 0.25) is 5.02 Å². The van der Waals surface area contributed by atoms with Crippen LogP contribution in [0.25, 0.3) is 0 Å². The summed E-state index contributed by atoms with van der Waals surface area (Å²) in [5.74, 6) is -0.665. The quantitative estimate of drug-likeness (QED) is 0.294. The van der Waals surface area contributed by atoms with E-state index in [1.54, 1.807) is 18.2 Å². The Morgan fingerprint density at radius 2 is 1.59 bits per heavy atom. The first-order valence-corrected chi connectivity index (χ1v) is 15.9. The van der Waals surface area contributed by atoms with Crippen molar-refractivity contribution >= 4 is 39.1 Å². The van der Waals surface area contributed by atoms with Gasteiger partial charge in [0.05, 0.1) is 10.6 Å². The number of rotatable bonds is 11. The summed E-state index contributed by atoms with van der Waals surface area (Å²) in [6, 6.07) is 20.0. The fourth-order valence-electron chi connectivity index (χ4n) is 5.34. The van der Waals surface area contributed by atoms with Crippen molar-refractivity contribution in [1.29, 1.82) is 0 Å². The molecule has 1 aliphatic carbocycles. The molecule has 2 amide bonds. The van der Waals surface area contributed by atoms with Gasteiger partial charge in [-0.05, 0) is 80.6 Å². The second kappa shape index (κ2) is 13.5. The first-order valence-electron chi connectivity index (χ1n) is 14.1. The Bertz CT molecular complexity index is 1470. The molecule has 7 nitrogen and oxygen atoms in total. The molecule has 0 aliphatic heterocycles. The average Bonchev–Trinajstić information content (AvgIpc) is 3.44. The van der Waals surface area contributed by atoms with E-state index in [-0.39, 0.29) is 23.4 Å². The molecule has 0 saturated heterocycles. The summed E-state index contributed by atoms with van der Waals surface area (Å²) in [5.41, 5.74) is 3.12. The van der Waals surface area contributed by atoms with Gasteiger partial charge in [0.15, 0.2) is 0 Å². The number of nitrogens with one attached hydrogen (secondary N) is 1. The lowest BCUT2D eigenvalue weighted by atomic mass is 10.1. The number of hydrogen-bond donors (Lipinski definition) is 1. The van der Waals surface area contributed by atoms with Crippen LogP contribution >= 0.6 is 11.6 Å². The highest BCUT2D eigenvalue weighted by molar-refractivity contribution is 7.92. The first-order chi connectivity index (χ1) is 19.6. The van der Waals surface area contributed by atoms with Crippen molar-refractivity contribution < 1.29 is 18.0 Å². The van der Waals surface area contributed by atoms with Crippen molar-refractivity contribution in [2.45, 2.75) is 76.4 Å². The molecule has 0 heterocycles. The fourth-order valence-corrected chi connectivity index (χ4v) is 6.87. The van der Waals surface area contributed by atoms with Gasteiger partial charge in [-0.2, -0.15) is 0 Å². The minimum Gasteiger partial charge on any atom is -0.352 e. The maximum Gasteiger partial charge on any atom is 0.264 e. The molecule has 41 heavy (non-hydrogen) atoms. The molecule has 3 aromatic rings. The van der Waals surface area contributed by atoms with Gasteiger partial charge in [0.2, 0.25) is 11.8 Å². The van der Waals surface area contributed by atoms with Gasteiger partial charge in [-0.1, -0.05) is 73.3 Å². The van der Waals surface area contributed by atoms with Crippen LogP contribution in [-0.2, 0) is 26.2 Å². The monoisotopic (exact) mass is 595 g/mol. The highest BCUT2D eigenvalue weighted by atomic mass is 35.5. The largest absolute Gasteiger partial charge is 0.352 e. The molecule has 0 radical (unpaired) electrons. The number of carbonyl (C=O) groups excluding carboxylic acids is 2. The van der Waals surface area contributed by atoms with Crippen molar-refractivity contribution in [2.24, 2.45) is 0 Å². The fraction of sp³-hybridized carbons (Fsp3) is 0.375. The predicted octanol–water partition coefficient (Wildman–Crippen LogP) is 6.02. The first kappa shape index (κ1) is 30.6. The third-order valence-electron chi connectivity index (χ3n) is 7.49. The van der Waals surface area contributed by atoms with E-state index in [0.717, 1.165) is 46.7 Å². The molecule has 0 unspecified atom stereocenters. The Balaban J connectivity index is 1.71. The zero-order valence-electron chi connectivity index (χ0n) is 23.8. The van der Waals surface area contributed by atoms with Crippen LogP contribution in [0.15, 0.2) is 77.7 Å². The Labute approximate surface area is 248 Å². The Morgan fingerprint density at radius 3 is 2.20 bits per heavy atom. The lowest BCUT2D eigenvalue weighted by molar-refractivity contribution is -0.140. The minimum atomic E-state index is -4.14. The number of carbonyl (C=O) groups is 2. The van der Waals surface area contributed by atoms with Gasteiger partial charge in [0.25, 0.3) is 10.0 Å². The molecular weight excluding hydrogens is 558 g/mol. The van der Waals surface area contributed by atoms with E-state index >= 15 is 0 Å². The number of hydrogen-bond acceptors (Lipinski definition) is 4. The number of sulfonamides is 1. The lowest BCUT2D eigenvalue weighted by Crippen LogP contribution is -2.53. The van der Waals surface area contributed by atoms with Crippen LogP contribution in [0.5, 0.6) is 0 Å². The molecule has 0 bridgehead atoms. The van der Waals surface area contributed by atoms with E-state index in [0.29, 0.717) is 17.1 Å². The second-order valence-electron chi connectivity index (χ2n) is 10.7. The normalized spacial score (nSPS) is 14.4. The summed E-state index contributed by atoms with van der Waals surface area (Å²) in [6.07, 6.45) is 4.39. The third kappa shape index (κ3) is 7.68. The smallest absolute Gasteiger partial charge is 0.264 e. The van der Waals surface area contributed by atoms with Crippen molar-refractivity contribution in [3.8, 4) is 0 Å². The molecule has 0 spiro atoms. The van der Waals surface area contributed by atoms with E-state index in [1.807, 2.05) is 51.1 Å². The summed E-state index contributed by atoms with van der Waals surface area (Å²) in [5, 5.41) is 3.55. The molecule has 3 aromatic carbocycles. The minimum absolute atomic E-state index is 0.0208. The molecule has 1 N–H and O–H groups in total. The van der Waals surface area contributed by atoms with Crippen molar-refractivity contribution in [3.63, 3.8) is 0 Å². The number of benzene rings is 3. The van der Waals surface area contributed by atoms with Gasteiger partial charge in [0, 0.05) is 17.6 Å². The van der Waals surface area contributed by atoms with E-state index in [4.69, 9.17) is 11.6 Å². The number of nitrogens with zero attached hydrogens (tertiary/aromatic N) is 2. The third-order valence-corrected chi connectivity index (χ3v) is 9.53. The van der Waals surface area contributed by atoms with Crippen molar-refractivity contribution in [3.05, 3.63) is 94.5 Å². The van der Waals surface area contributed by atoms with Gasteiger partial charge in [-0.15, -0.1) is 0 Å². The van der Waals surface area contributed by atoms with Gasteiger partial charge in [-0.3, -0.25) is 13.9 Å². The van der Waals surface area contributed by atoms with E-state index in [9.17, 15) is 18.0 Å². The highest BCUT2D eigenvalue weighted by Gasteiger charge is 2.34. The van der Waals surface area contributed by atoms with Gasteiger partial charge >= 0.3 is 0 Å². The van der Waals surface area contributed by atoms with Gasteiger partial charge < -0.3 is 10.2 Å². The van der Waals surface area contributed by atoms with Gasteiger partial charge in [0.1, 0.15) is 12.6 Å². The van der Waals surface area contributed by atoms with Crippen LogP contribution in [0.1, 0.15) is 55.7 Å². The van der Waals surface area contributed by atoms with Crippen LogP contribution in [-0.4, -0.2) is 43.8 Å². The van der Waals surface area contributed by atoms with E-state index in [2.05, 4.69) is 5.32 Å². The molecule has 1 fully saturated rings. The molecule has 1 atom stereocenters. The van der Waals surface area contributed by atoms with Crippen LogP contribution < -0.4 is 9.62 Å². The zero-order valence-corrected chi connectivity index (χ0v) is 25.4. The van der Waals surface area contributed by atoms with E-state index < -0.39 is 28.5 Å². The standard InChI is InChI=1S/C32H38ClN3O4S/c1-4-30(32(38)34-27-12-5-6-13-27)35(21-25-11-7-9-23(2)19-25)31(37)22-36(28-14-8-10-24(3)20-28)41(39,40)29-17-15-26(33)16-18-29/h7-11,14-20,27,30H,4-6,12-13,21-22H2,1-3H3,(H,34,38)/t30-/m0/s1. The molecule has 9 heteroatoms. The summed E-state index contributed by atoms with van der Waals surface area (Å²) < 4.78 is 29.0. The SMILES string of the molecule is CC[C@@H](C(=O)NC1CCCC1)N(Cc1cccc(C)c1)C(=O)CN(c1cccc(C)c1)S(=O)(=O)c1ccc(Cl)cc1. The topological polar surface area (TPSA) is 86.8 Å². The highest BCUT2D eigenvalue weighted by Crippen LogP contribution is 2.27. The maximum absolute atomic E-state index is 14.2. The van der Waals surface area contributed by atoms with Crippen molar-refractivity contribution in [2.75, 3.05) is 10.8 Å². The molecule has 0 aromatic heterocycles. The molecule has 4 rings (SSSR count). The van der Waals surface area contributed by atoms with Gasteiger partial charge in [-0.25, -0.2) is 8.42 Å². The summed E-state index contributed by atoms with van der Waals surface area (Å²) in [4.78, 5) is 29.3. The van der Waals surface area contributed by atoms with Crippen LogP contribution in [0, 0.1) is 13.8 Å². The maximum atomic E-state index is 14.2. The van der Waals surface area contributed by atoms with E-state index in [1.165, 1.54) is 29.2 Å². The molecular formula is C32H38ClN3O4S. The number of halogens is 1. The molecule has 1 saturated carbocycles. The van der Waals surface area contributed by atoms with Crippen LogP contribution in [0.3, 0.4) is 0 Å². The summed E-state index contributed by atoms with van der Waals surface area (Å²) >= 11 is 6.03. The average molecular weight is 596 g/mol.